The van der Waals surface area contributed by atoms with E-state index in [1.54, 1.807) is 0 Å². The summed E-state index contributed by atoms with van der Waals surface area (Å²) in [7, 11) is 0. The van der Waals surface area contributed by atoms with Crippen LogP contribution in [0.2, 0.25) is 0 Å². The van der Waals surface area contributed by atoms with Gasteiger partial charge >= 0.3 is 0 Å². The number of aromatic nitrogens is 8. The van der Waals surface area contributed by atoms with E-state index in [9.17, 15) is 0 Å². The summed E-state index contributed by atoms with van der Waals surface area (Å²) in [6.45, 7) is 0. The summed E-state index contributed by atoms with van der Waals surface area (Å²) in [4.78, 5) is 47.5. The predicted molar refractivity (Wildman–Crippen MR) is 570 cm³/mol. The zero-order valence-electron chi connectivity index (χ0n) is 74.9. The fourth-order valence-electron chi connectivity index (χ4n) is 21.2. The molecule has 0 aliphatic carbocycles. The van der Waals surface area contributed by atoms with Gasteiger partial charge in [-0.2, -0.15) is 0 Å². The molecule has 0 spiro atoms. The van der Waals surface area contributed by atoms with Gasteiger partial charge in [0.05, 0.1) is 45.3 Å². The molecule has 3 aliphatic rings. The third-order valence-corrected chi connectivity index (χ3v) is 27.5. The van der Waals surface area contributed by atoms with Gasteiger partial charge in [-0.1, -0.05) is 315 Å². The Morgan fingerprint density at radius 1 is 0.193 bits per heavy atom. The van der Waals surface area contributed by atoms with Gasteiger partial charge in [-0.15, -0.1) is 0 Å². The largest absolute Gasteiger partial charge is 0.452 e. The molecule has 0 radical (unpaired) electrons. The number of benzene rings is 19. The lowest BCUT2D eigenvalue weighted by Gasteiger charge is -2.34. The van der Waals surface area contributed by atoms with Crippen molar-refractivity contribution in [3.63, 3.8) is 0 Å². The van der Waals surface area contributed by atoms with Crippen LogP contribution in [0.4, 0.5) is 51.4 Å². The lowest BCUT2D eigenvalue weighted by molar-refractivity contribution is 0.667. The molecule has 30 rings (SSSR count). The highest BCUT2D eigenvalue weighted by Gasteiger charge is 2.34. The summed E-state index contributed by atoms with van der Waals surface area (Å²) in [6.07, 6.45) is 3.66. The quantitative estimate of drug-likeness (QED) is 0.128. The number of rotatable bonds is 10. The van der Waals surface area contributed by atoms with E-state index in [2.05, 4.69) is 365 Å². The Bertz CT molecular complexity index is 9720. The van der Waals surface area contributed by atoms with E-state index in [4.69, 9.17) is 48.1 Å². The van der Waals surface area contributed by atoms with Gasteiger partial charge in [-0.05, 0) is 177 Å². The number of para-hydroxylation sites is 7. The van der Waals surface area contributed by atoms with Crippen molar-refractivity contribution in [3.05, 3.63) is 455 Å². The first kappa shape index (κ1) is 79.4. The molecule has 0 bridgehead atoms. The zero-order chi connectivity index (χ0) is 92.0. The second-order valence-electron chi connectivity index (χ2n) is 35.5. The van der Waals surface area contributed by atoms with Crippen LogP contribution in [0.15, 0.2) is 468 Å². The summed E-state index contributed by atoms with van der Waals surface area (Å²) in [5.74, 6) is 1.92. The number of furan rings is 3. The van der Waals surface area contributed by atoms with Gasteiger partial charge in [0.1, 0.15) is 50.4 Å². The highest BCUT2D eigenvalue weighted by molar-refractivity contribution is 6.19. The molecule has 0 atom stereocenters. The number of hydrogen-bond acceptors (Lipinski definition) is 14. The Balaban J connectivity index is 0.000000105. The molecule has 14 heteroatoms. The molecule has 0 saturated heterocycles. The molecule has 11 heterocycles. The summed E-state index contributed by atoms with van der Waals surface area (Å²) in [5.41, 5.74) is 35.3. The molecule has 3 aliphatic heterocycles. The van der Waals surface area contributed by atoms with Gasteiger partial charge in [-0.3, -0.25) is 14.9 Å². The Kier molecular flexibility index (Phi) is 18.3. The highest BCUT2D eigenvalue weighted by atomic mass is 16.3. The molecule has 652 valence electrons. The summed E-state index contributed by atoms with van der Waals surface area (Å²) >= 11 is 0. The van der Waals surface area contributed by atoms with Crippen LogP contribution in [0.1, 0.15) is 0 Å². The summed E-state index contributed by atoms with van der Waals surface area (Å²) in [5, 5.41) is 13.6. The minimum atomic E-state index is 0.627. The van der Waals surface area contributed by atoms with Gasteiger partial charge in [0.15, 0.2) is 28.4 Å². The molecule has 8 aromatic heterocycles. The van der Waals surface area contributed by atoms with Crippen LogP contribution in [0.5, 0.6) is 0 Å². The van der Waals surface area contributed by atoms with E-state index in [0.717, 1.165) is 178 Å². The van der Waals surface area contributed by atoms with Crippen LogP contribution in [0, 0.1) is 0 Å². The maximum absolute atomic E-state index is 6.57. The molecule has 14 nitrogen and oxygen atoms in total. The maximum atomic E-state index is 6.57. The second kappa shape index (κ2) is 32.3. The van der Waals surface area contributed by atoms with Gasteiger partial charge in [-0.25, -0.2) is 29.9 Å². The molecule has 0 amide bonds. The fraction of sp³-hybridized carbons (Fsp3) is 0. The topological polar surface area (TPSA) is 152 Å². The van der Waals surface area contributed by atoms with Gasteiger partial charge in [0, 0.05) is 117 Å². The lowest BCUT2D eigenvalue weighted by Crippen LogP contribution is -2.17. The Labute approximate surface area is 801 Å². The smallest absolute Gasteiger partial charge is 0.236 e. The zero-order valence-corrected chi connectivity index (χ0v) is 74.9. The van der Waals surface area contributed by atoms with Crippen molar-refractivity contribution in [1.29, 1.82) is 0 Å². The Morgan fingerprint density at radius 3 is 1.12 bits per heavy atom. The fourth-order valence-corrected chi connectivity index (χ4v) is 21.2. The Hall–Kier alpha value is -19.2. The third-order valence-electron chi connectivity index (χ3n) is 27.5. The predicted octanol–water partition coefficient (Wildman–Crippen LogP) is 33.7. The van der Waals surface area contributed by atoms with Gasteiger partial charge in [0.2, 0.25) is 5.95 Å². The number of pyridine rings is 2. The van der Waals surface area contributed by atoms with E-state index in [-0.39, 0.29) is 0 Å². The first-order valence-corrected chi connectivity index (χ1v) is 46.9. The van der Waals surface area contributed by atoms with Crippen LogP contribution >= 0.6 is 0 Å². The van der Waals surface area contributed by atoms with Crippen molar-refractivity contribution in [2.45, 2.75) is 0 Å². The first-order chi connectivity index (χ1) is 69.4. The second-order valence-corrected chi connectivity index (χ2v) is 35.5. The van der Waals surface area contributed by atoms with Crippen molar-refractivity contribution in [2.75, 3.05) is 14.7 Å². The van der Waals surface area contributed by atoms with Crippen LogP contribution in [0.25, 0.3) is 233 Å². The normalized spacial score (nSPS) is 12.2. The molecule has 19 aromatic carbocycles. The van der Waals surface area contributed by atoms with E-state index in [1.807, 2.05) is 109 Å². The monoisotopic (exact) mass is 1790 g/mol. The van der Waals surface area contributed by atoms with Crippen LogP contribution < -0.4 is 14.7 Å². The van der Waals surface area contributed by atoms with Crippen molar-refractivity contribution in [2.24, 2.45) is 0 Å². The van der Waals surface area contributed by atoms with Crippen molar-refractivity contribution in [1.82, 2.24) is 39.9 Å². The van der Waals surface area contributed by atoms with Crippen LogP contribution in [0.3, 0.4) is 0 Å². The first-order valence-electron chi connectivity index (χ1n) is 46.9. The highest BCUT2D eigenvalue weighted by Crippen LogP contribution is 2.56. The third kappa shape index (κ3) is 13.0. The van der Waals surface area contributed by atoms with Crippen LogP contribution in [-0.4, -0.2) is 39.9 Å². The maximum Gasteiger partial charge on any atom is 0.236 e. The average molecular weight is 1790 g/mol. The Morgan fingerprint density at radius 2 is 0.571 bits per heavy atom. The molecule has 0 saturated carbocycles. The standard InChI is InChI=1S/C51H30N4O.C43H26N4O.C32H19N3O/c1-2-16-37-35(11-1)29-36(55-43-21-5-3-17-39(43)40-20-7-12-32-13-9-22-44(55)46(32)40)30-42(37)51-53-48(50-49(54-51)41-18-4-6-23-45(41)56-50)34-26-24-31(25-27-34)38-19-8-14-33-15-10-28-52-47(33)38;1-3-15-36-32(11-1)33-13-7-9-28-10-8-16-37(39(28)33)47(36)31-24-22-30(23-25-31)43-45-40(42-41(46-43)34-12-2-4-17-38(34)48-42)29-20-18-27(19-21-29)35-14-5-6-26-44-35;1-2-10-21(11-3-1)29-31-30(24-15-5-7-19-27(24)36-31)34-32(33-29)35-25-17-6-4-14-22(25)23-16-8-12-20-13-9-18-26(35)28(20)23/h1-30H;1-26H;1-19H. The van der Waals surface area contributed by atoms with E-state index in [0.29, 0.717) is 34.3 Å². The van der Waals surface area contributed by atoms with Gasteiger partial charge < -0.3 is 23.1 Å². The molecule has 0 unspecified atom stereocenters. The molecule has 0 fully saturated rings. The lowest BCUT2D eigenvalue weighted by atomic mass is 9.90. The summed E-state index contributed by atoms with van der Waals surface area (Å²) in [6, 6.07) is 154. The number of hydrogen-bond donors (Lipinski definition) is 0. The van der Waals surface area contributed by atoms with Gasteiger partial charge in [0.25, 0.3) is 0 Å². The molecular formula is C126H75N11O3. The van der Waals surface area contributed by atoms with Crippen molar-refractivity contribution in [3.8, 4) is 112 Å². The van der Waals surface area contributed by atoms with E-state index in [1.165, 1.54) is 71.4 Å². The SMILES string of the molecule is c1ccc(-c2ccc(-c3nc(-c4ccc(N5c6ccccc6-c6cccc7cccc5c67)cc4)nc4c3oc3ccccc34)cc2)nc1.c1ccc(-c2nc(N3c4ccccc4-c4cccc5cccc3c45)nc3c2oc2ccccc23)cc1.c1ccc2c(c1)-c1cccc3cccc(c13)N2c1cc(-c2nc(-c3ccc(-c4cccc5cccnc45)cc3)c3oc4ccccc4c3n2)c2ccccc2c1. The molecular weight excluding hydrogens is 1720 g/mol. The summed E-state index contributed by atoms with van der Waals surface area (Å²) < 4.78 is 19.3. The molecule has 27 aromatic rings. The number of anilines is 9. The van der Waals surface area contributed by atoms with E-state index >= 15 is 0 Å². The van der Waals surface area contributed by atoms with Crippen molar-refractivity contribution < 1.29 is 13.3 Å². The number of fused-ring (bicyclic) bond motifs is 17. The minimum absolute atomic E-state index is 0.627. The van der Waals surface area contributed by atoms with Crippen molar-refractivity contribution >= 4 is 172 Å². The number of nitrogens with zero attached hydrogens (tertiary/aromatic N) is 11. The average Bonchev–Trinajstić information content (AvgIpc) is 1.51. The minimum Gasteiger partial charge on any atom is -0.452 e. The van der Waals surface area contributed by atoms with E-state index < -0.39 is 0 Å². The molecule has 140 heavy (non-hydrogen) atoms. The van der Waals surface area contributed by atoms with Crippen LogP contribution in [-0.2, 0) is 0 Å². The molecule has 0 N–H and O–H groups in total.